The van der Waals surface area contributed by atoms with Crippen molar-refractivity contribution >= 4 is 5.97 Å². The zero-order valence-corrected chi connectivity index (χ0v) is 10.6. The number of aliphatic carboxylic acids is 1. The third-order valence-corrected chi connectivity index (χ3v) is 3.33. The van der Waals surface area contributed by atoms with Crippen molar-refractivity contribution in [3.63, 3.8) is 0 Å². The van der Waals surface area contributed by atoms with E-state index in [1.54, 1.807) is 0 Å². The van der Waals surface area contributed by atoms with E-state index >= 15 is 0 Å². The van der Waals surface area contributed by atoms with Gasteiger partial charge in [-0.05, 0) is 43.4 Å². The summed E-state index contributed by atoms with van der Waals surface area (Å²) in [5.41, 5.74) is 8.17. The Kier molecular flexibility index (Phi) is 3.87. The lowest BCUT2D eigenvalue weighted by atomic mass is 9.96. The van der Waals surface area contributed by atoms with Crippen LogP contribution in [0.15, 0.2) is 18.2 Å². The molecule has 2 atom stereocenters. The van der Waals surface area contributed by atoms with E-state index in [2.05, 4.69) is 6.92 Å². The largest absolute Gasteiger partial charge is 0.490 e. The summed E-state index contributed by atoms with van der Waals surface area (Å²) in [6.07, 6.45) is 2.84. The van der Waals surface area contributed by atoms with Crippen molar-refractivity contribution in [1.29, 1.82) is 0 Å². The quantitative estimate of drug-likeness (QED) is 0.858. The SMILES string of the molecule is CC1CCc2cc(C(N)CCC(=O)O)ccc2O1. The summed E-state index contributed by atoms with van der Waals surface area (Å²) >= 11 is 0. The maximum atomic E-state index is 10.5. The van der Waals surface area contributed by atoms with E-state index in [4.69, 9.17) is 15.6 Å². The van der Waals surface area contributed by atoms with E-state index < -0.39 is 5.97 Å². The van der Waals surface area contributed by atoms with Crippen LogP contribution in [0.3, 0.4) is 0 Å². The highest BCUT2D eigenvalue weighted by Crippen LogP contribution is 2.30. The molecule has 0 aliphatic carbocycles. The molecule has 2 unspecified atom stereocenters. The second kappa shape index (κ2) is 5.40. The summed E-state index contributed by atoms with van der Waals surface area (Å²) in [5.74, 6) is 0.128. The lowest BCUT2D eigenvalue weighted by Gasteiger charge is -2.24. The van der Waals surface area contributed by atoms with Crippen molar-refractivity contribution in [2.45, 2.75) is 44.8 Å². The minimum absolute atomic E-state index is 0.103. The zero-order valence-electron chi connectivity index (χ0n) is 10.6. The lowest BCUT2D eigenvalue weighted by molar-refractivity contribution is -0.137. The van der Waals surface area contributed by atoms with E-state index in [1.165, 1.54) is 5.56 Å². The van der Waals surface area contributed by atoms with E-state index in [1.807, 2.05) is 18.2 Å². The second-order valence-electron chi connectivity index (χ2n) is 4.87. The number of carbonyl (C=O) groups is 1. The summed E-state index contributed by atoms with van der Waals surface area (Å²) in [5, 5.41) is 8.65. The number of hydrogen-bond acceptors (Lipinski definition) is 3. The Morgan fingerprint density at radius 1 is 1.61 bits per heavy atom. The van der Waals surface area contributed by atoms with Crippen LogP contribution in [0.2, 0.25) is 0 Å². The Hall–Kier alpha value is -1.55. The van der Waals surface area contributed by atoms with Crippen molar-refractivity contribution in [2.75, 3.05) is 0 Å². The minimum atomic E-state index is -0.805. The Morgan fingerprint density at radius 2 is 2.39 bits per heavy atom. The second-order valence-corrected chi connectivity index (χ2v) is 4.87. The molecule has 4 heteroatoms. The highest BCUT2D eigenvalue weighted by molar-refractivity contribution is 5.66. The van der Waals surface area contributed by atoms with Gasteiger partial charge in [-0.25, -0.2) is 0 Å². The highest BCUT2D eigenvalue weighted by atomic mass is 16.5. The van der Waals surface area contributed by atoms with Gasteiger partial charge in [0, 0.05) is 12.5 Å². The van der Waals surface area contributed by atoms with Crippen LogP contribution >= 0.6 is 0 Å². The average Bonchev–Trinajstić information content (AvgIpc) is 2.35. The number of ether oxygens (including phenoxy) is 1. The summed E-state index contributed by atoms with van der Waals surface area (Å²) in [6, 6.07) is 5.71. The van der Waals surface area contributed by atoms with E-state index in [0.29, 0.717) is 6.42 Å². The third-order valence-electron chi connectivity index (χ3n) is 3.33. The molecular formula is C14H19NO3. The molecule has 3 N–H and O–H groups in total. The monoisotopic (exact) mass is 249 g/mol. The van der Waals surface area contributed by atoms with Crippen molar-refractivity contribution < 1.29 is 14.6 Å². The number of fused-ring (bicyclic) bond motifs is 1. The number of rotatable bonds is 4. The van der Waals surface area contributed by atoms with Gasteiger partial charge in [0.2, 0.25) is 0 Å². The topological polar surface area (TPSA) is 72.6 Å². The first-order valence-corrected chi connectivity index (χ1v) is 6.33. The van der Waals surface area contributed by atoms with Gasteiger partial charge >= 0.3 is 5.97 Å². The lowest BCUT2D eigenvalue weighted by Crippen LogP contribution is -2.19. The molecule has 0 spiro atoms. The molecule has 0 amide bonds. The van der Waals surface area contributed by atoms with E-state index in [-0.39, 0.29) is 18.6 Å². The summed E-state index contributed by atoms with van der Waals surface area (Å²) in [6.45, 7) is 2.06. The summed E-state index contributed by atoms with van der Waals surface area (Å²) in [4.78, 5) is 10.5. The number of carboxylic acids is 1. The van der Waals surface area contributed by atoms with Crippen LogP contribution in [-0.4, -0.2) is 17.2 Å². The number of carboxylic acid groups (broad SMARTS) is 1. The average molecular weight is 249 g/mol. The van der Waals surface area contributed by atoms with Crippen LogP contribution < -0.4 is 10.5 Å². The molecule has 0 radical (unpaired) electrons. The molecule has 2 rings (SSSR count). The molecule has 4 nitrogen and oxygen atoms in total. The smallest absolute Gasteiger partial charge is 0.303 e. The van der Waals surface area contributed by atoms with Gasteiger partial charge in [0.05, 0.1) is 6.10 Å². The maximum absolute atomic E-state index is 10.5. The maximum Gasteiger partial charge on any atom is 0.303 e. The first-order valence-electron chi connectivity index (χ1n) is 6.33. The van der Waals surface area contributed by atoms with E-state index in [0.717, 1.165) is 24.2 Å². The van der Waals surface area contributed by atoms with Crippen LogP contribution in [0.1, 0.15) is 43.4 Å². The van der Waals surface area contributed by atoms with Gasteiger partial charge in [-0.1, -0.05) is 12.1 Å². The Labute approximate surface area is 107 Å². The van der Waals surface area contributed by atoms with Gasteiger partial charge in [0.15, 0.2) is 0 Å². The molecule has 1 aliphatic rings. The predicted octanol–water partition coefficient (Wildman–Crippen LogP) is 2.26. The third kappa shape index (κ3) is 3.01. The van der Waals surface area contributed by atoms with Crippen molar-refractivity contribution in [3.8, 4) is 5.75 Å². The van der Waals surface area contributed by atoms with Crippen LogP contribution in [0.25, 0.3) is 0 Å². The molecule has 18 heavy (non-hydrogen) atoms. The van der Waals surface area contributed by atoms with Crippen LogP contribution in [-0.2, 0) is 11.2 Å². The first kappa shape index (κ1) is 12.9. The van der Waals surface area contributed by atoms with Crippen LogP contribution in [0.4, 0.5) is 0 Å². The Balaban J connectivity index is 2.08. The predicted molar refractivity (Wildman–Crippen MR) is 68.7 cm³/mol. The highest BCUT2D eigenvalue weighted by Gasteiger charge is 2.17. The first-order chi connectivity index (χ1) is 8.56. The van der Waals surface area contributed by atoms with E-state index in [9.17, 15) is 4.79 Å². The molecular weight excluding hydrogens is 230 g/mol. The minimum Gasteiger partial charge on any atom is -0.490 e. The van der Waals surface area contributed by atoms with Crippen molar-refractivity contribution in [3.05, 3.63) is 29.3 Å². The number of hydrogen-bond donors (Lipinski definition) is 2. The normalized spacial score (nSPS) is 19.8. The fourth-order valence-electron chi connectivity index (χ4n) is 2.22. The zero-order chi connectivity index (χ0) is 13.1. The van der Waals surface area contributed by atoms with Crippen molar-refractivity contribution in [1.82, 2.24) is 0 Å². The fourth-order valence-corrected chi connectivity index (χ4v) is 2.22. The standard InChI is InChI=1S/C14H19NO3/c1-9-2-3-11-8-10(4-6-13(11)18-9)12(15)5-7-14(16)17/h4,6,8-9,12H,2-3,5,7,15H2,1H3,(H,16,17). The van der Waals surface area contributed by atoms with Crippen LogP contribution in [0.5, 0.6) is 5.75 Å². The summed E-state index contributed by atoms with van der Waals surface area (Å²) in [7, 11) is 0. The molecule has 1 aromatic rings. The molecule has 1 aliphatic heterocycles. The fraction of sp³-hybridized carbons (Fsp3) is 0.500. The molecule has 0 saturated carbocycles. The van der Waals surface area contributed by atoms with Crippen molar-refractivity contribution in [2.24, 2.45) is 5.73 Å². The molecule has 98 valence electrons. The number of benzene rings is 1. The molecule has 0 bridgehead atoms. The van der Waals surface area contributed by atoms with Crippen LogP contribution in [0, 0.1) is 0 Å². The molecule has 0 fully saturated rings. The van der Waals surface area contributed by atoms with Gasteiger partial charge in [0.1, 0.15) is 5.75 Å². The van der Waals surface area contributed by atoms with Gasteiger partial charge in [-0.2, -0.15) is 0 Å². The number of nitrogens with two attached hydrogens (primary N) is 1. The van der Waals surface area contributed by atoms with Gasteiger partial charge in [-0.3, -0.25) is 4.79 Å². The number of aryl methyl sites for hydroxylation is 1. The molecule has 0 saturated heterocycles. The molecule has 1 aromatic carbocycles. The van der Waals surface area contributed by atoms with Gasteiger partial charge in [0.25, 0.3) is 0 Å². The Morgan fingerprint density at radius 3 is 3.11 bits per heavy atom. The summed E-state index contributed by atoms with van der Waals surface area (Å²) < 4.78 is 5.73. The Bertz CT molecular complexity index is 445. The van der Waals surface area contributed by atoms with Gasteiger partial charge in [-0.15, -0.1) is 0 Å². The molecule has 1 heterocycles. The molecule has 0 aromatic heterocycles. The van der Waals surface area contributed by atoms with Gasteiger partial charge < -0.3 is 15.6 Å².